The van der Waals surface area contributed by atoms with E-state index in [0.717, 1.165) is 29.7 Å². The Labute approximate surface area is 186 Å². The highest BCUT2D eigenvalue weighted by Crippen LogP contribution is 2.24. The maximum absolute atomic E-state index is 12.2. The minimum absolute atomic E-state index is 0.325. The third kappa shape index (κ3) is 10.0. The smallest absolute Gasteiger partial charge is 0.229 e. The summed E-state index contributed by atoms with van der Waals surface area (Å²) in [5, 5.41) is 0. The predicted molar refractivity (Wildman–Crippen MR) is 130 cm³/mol. The van der Waals surface area contributed by atoms with E-state index >= 15 is 0 Å². The Morgan fingerprint density at radius 1 is 0.833 bits per heavy atom. The van der Waals surface area contributed by atoms with Gasteiger partial charge in [0.25, 0.3) is 0 Å². The van der Waals surface area contributed by atoms with Crippen molar-refractivity contribution in [1.29, 1.82) is 0 Å². The number of carbonyl (C=O) groups is 2. The molecule has 0 heterocycles. The van der Waals surface area contributed by atoms with Crippen molar-refractivity contribution in [3.05, 3.63) is 34.4 Å². The molecule has 0 unspecified atom stereocenters. The number of Topliss-reactive ketones (excluding diaryl/α,β-unsaturated/α-hetero) is 2. The third-order valence-electron chi connectivity index (χ3n) is 6.63. The molecule has 0 fully saturated rings. The van der Waals surface area contributed by atoms with Gasteiger partial charge in [-0.2, -0.15) is 0 Å². The predicted octanol–water partition coefficient (Wildman–Crippen LogP) is 8.18. The second-order valence-corrected chi connectivity index (χ2v) is 10.2. The summed E-state index contributed by atoms with van der Waals surface area (Å²) in [5.41, 5.74) is 3.47. The van der Waals surface area contributed by atoms with Crippen LogP contribution in [-0.2, 0) is 9.59 Å². The first kappa shape index (κ1) is 26.6. The van der Waals surface area contributed by atoms with Crippen LogP contribution < -0.4 is 0 Å². The molecule has 0 aliphatic heterocycles. The van der Waals surface area contributed by atoms with Crippen LogP contribution in [0, 0.1) is 17.8 Å². The Morgan fingerprint density at radius 2 is 1.37 bits per heavy atom. The fourth-order valence-electron chi connectivity index (χ4n) is 4.18. The van der Waals surface area contributed by atoms with E-state index in [4.69, 9.17) is 0 Å². The molecular weight excluding hydrogens is 368 g/mol. The van der Waals surface area contributed by atoms with Gasteiger partial charge in [0, 0.05) is 11.1 Å². The average molecular weight is 415 g/mol. The summed E-state index contributed by atoms with van der Waals surface area (Å²) < 4.78 is 0. The zero-order valence-corrected chi connectivity index (χ0v) is 20.8. The molecule has 1 aliphatic rings. The Hall–Kier alpha value is -1.44. The van der Waals surface area contributed by atoms with Crippen molar-refractivity contribution in [2.24, 2.45) is 17.8 Å². The Morgan fingerprint density at radius 3 is 1.93 bits per heavy atom. The standard InChI is InChI=1S/C28H46O2/c1-20(2)11-8-12-21(3)13-9-14-22(4)15-10-16-23(5)17-18-26-19-24(6)25(7)27(29)28(26)30/h17,19-22H,8-16,18H2,1-7H3/b23-17+/t21-,22-/m1/s1. The van der Waals surface area contributed by atoms with Crippen LogP contribution in [0.3, 0.4) is 0 Å². The van der Waals surface area contributed by atoms with E-state index in [2.05, 4.69) is 40.7 Å². The number of allylic oxidation sites excluding steroid dienone is 6. The van der Waals surface area contributed by atoms with E-state index in [1.54, 1.807) is 6.92 Å². The van der Waals surface area contributed by atoms with Gasteiger partial charge in [-0.1, -0.05) is 90.4 Å². The maximum Gasteiger partial charge on any atom is 0.229 e. The van der Waals surface area contributed by atoms with Crippen LogP contribution in [0.5, 0.6) is 0 Å². The number of ketones is 2. The molecule has 2 atom stereocenters. The van der Waals surface area contributed by atoms with Crippen molar-refractivity contribution in [3.63, 3.8) is 0 Å². The van der Waals surface area contributed by atoms with Gasteiger partial charge in [-0.3, -0.25) is 9.59 Å². The summed E-state index contributed by atoms with van der Waals surface area (Å²) in [6, 6.07) is 0. The van der Waals surface area contributed by atoms with E-state index in [1.165, 1.54) is 56.9 Å². The molecule has 170 valence electrons. The molecule has 0 aromatic carbocycles. The highest BCUT2D eigenvalue weighted by atomic mass is 16.2. The van der Waals surface area contributed by atoms with Gasteiger partial charge in [0.2, 0.25) is 11.6 Å². The number of hydrogen-bond donors (Lipinski definition) is 0. The molecule has 0 aromatic rings. The van der Waals surface area contributed by atoms with Gasteiger partial charge >= 0.3 is 0 Å². The van der Waals surface area contributed by atoms with Gasteiger partial charge in [-0.25, -0.2) is 0 Å². The van der Waals surface area contributed by atoms with Crippen LogP contribution in [-0.4, -0.2) is 11.6 Å². The summed E-state index contributed by atoms with van der Waals surface area (Å²) in [6.45, 7) is 15.2. The quantitative estimate of drug-likeness (QED) is 0.163. The minimum atomic E-state index is -0.334. The fraction of sp³-hybridized carbons (Fsp3) is 0.714. The van der Waals surface area contributed by atoms with Crippen LogP contribution >= 0.6 is 0 Å². The van der Waals surface area contributed by atoms with E-state index in [1.807, 2.05) is 13.0 Å². The minimum Gasteiger partial charge on any atom is -0.285 e. The first-order valence-corrected chi connectivity index (χ1v) is 12.2. The SMILES string of the molecule is CC1=C(C)C(=O)C(=O)C(C/C=C(\C)CCC[C@H](C)CCC[C@H](C)CCCC(C)C)=C1. The zero-order valence-electron chi connectivity index (χ0n) is 20.8. The van der Waals surface area contributed by atoms with Gasteiger partial charge < -0.3 is 0 Å². The lowest BCUT2D eigenvalue weighted by molar-refractivity contribution is -0.132. The Kier molecular flexibility index (Phi) is 12.2. The van der Waals surface area contributed by atoms with E-state index < -0.39 is 0 Å². The second-order valence-electron chi connectivity index (χ2n) is 10.2. The Balaban J connectivity index is 2.24. The first-order valence-electron chi connectivity index (χ1n) is 12.2. The van der Waals surface area contributed by atoms with Crippen molar-refractivity contribution < 1.29 is 9.59 Å². The lowest BCUT2D eigenvalue weighted by Gasteiger charge is -2.15. The van der Waals surface area contributed by atoms with Gasteiger partial charge in [-0.05, 0) is 63.4 Å². The summed E-state index contributed by atoms with van der Waals surface area (Å²) in [7, 11) is 0. The van der Waals surface area contributed by atoms with Gasteiger partial charge in [0.15, 0.2) is 0 Å². The molecular formula is C28H46O2. The molecule has 1 aliphatic carbocycles. The van der Waals surface area contributed by atoms with Gasteiger partial charge in [-0.15, -0.1) is 0 Å². The Bertz CT molecular complexity index is 660. The first-order chi connectivity index (χ1) is 14.1. The molecule has 0 radical (unpaired) electrons. The van der Waals surface area contributed by atoms with Gasteiger partial charge in [0.1, 0.15) is 0 Å². The van der Waals surface area contributed by atoms with Crippen LogP contribution in [0.25, 0.3) is 0 Å². The van der Waals surface area contributed by atoms with Crippen molar-refractivity contribution in [2.45, 2.75) is 113 Å². The van der Waals surface area contributed by atoms with E-state index in [-0.39, 0.29) is 11.6 Å². The van der Waals surface area contributed by atoms with Crippen LogP contribution in [0.4, 0.5) is 0 Å². The van der Waals surface area contributed by atoms with Crippen molar-refractivity contribution in [3.8, 4) is 0 Å². The molecule has 0 saturated carbocycles. The number of hydrogen-bond acceptors (Lipinski definition) is 2. The molecule has 0 saturated heterocycles. The lowest BCUT2D eigenvalue weighted by Crippen LogP contribution is -2.21. The molecule has 2 heteroatoms. The van der Waals surface area contributed by atoms with E-state index in [0.29, 0.717) is 17.6 Å². The highest BCUT2D eigenvalue weighted by molar-refractivity contribution is 6.50. The normalized spacial score (nSPS) is 17.6. The molecule has 2 nitrogen and oxygen atoms in total. The zero-order chi connectivity index (χ0) is 22.7. The lowest BCUT2D eigenvalue weighted by atomic mass is 9.89. The molecule has 0 amide bonds. The molecule has 1 rings (SSSR count). The van der Waals surface area contributed by atoms with E-state index in [9.17, 15) is 9.59 Å². The largest absolute Gasteiger partial charge is 0.285 e. The molecule has 30 heavy (non-hydrogen) atoms. The van der Waals surface area contributed by atoms with Crippen molar-refractivity contribution in [1.82, 2.24) is 0 Å². The summed E-state index contributed by atoms with van der Waals surface area (Å²) in [5.74, 6) is 1.83. The van der Waals surface area contributed by atoms with Crippen molar-refractivity contribution in [2.75, 3.05) is 0 Å². The summed E-state index contributed by atoms with van der Waals surface area (Å²) in [4.78, 5) is 24.1. The van der Waals surface area contributed by atoms with Crippen LogP contribution in [0.15, 0.2) is 34.4 Å². The van der Waals surface area contributed by atoms with Crippen LogP contribution in [0.1, 0.15) is 113 Å². The van der Waals surface area contributed by atoms with Crippen LogP contribution in [0.2, 0.25) is 0 Å². The number of carbonyl (C=O) groups excluding carboxylic acids is 2. The fourth-order valence-corrected chi connectivity index (χ4v) is 4.18. The highest BCUT2D eigenvalue weighted by Gasteiger charge is 2.24. The summed E-state index contributed by atoms with van der Waals surface area (Å²) in [6.07, 6.45) is 16.4. The molecule has 0 spiro atoms. The third-order valence-corrected chi connectivity index (χ3v) is 6.63. The number of rotatable bonds is 14. The monoisotopic (exact) mass is 414 g/mol. The maximum atomic E-state index is 12.2. The average Bonchev–Trinajstić information content (AvgIpc) is 2.67. The molecule has 0 bridgehead atoms. The second kappa shape index (κ2) is 13.8. The summed E-state index contributed by atoms with van der Waals surface area (Å²) >= 11 is 0. The van der Waals surface area contributed by atoms with Gasteiger partial charge in [0.05, 0.1) is 0 Å². The van der Waals surface area contributed by atoms with Crippen molar-refractivity contribution >= 4 is 11.6 Å². The molecule has 0 N–H and O–H groups in total. The molecule has 0 aromatic heterocycles. The topological polar surface area (TPSA) is 34.1 Å².